The third-order valence-corrected chi connectivity index (χ3v) is 1.48. The number of aromatic nitrogens is 1. The minimum Gasteiger partial charge on any atom is -0.478 e. The Balaban J connectivity index is 3.11. The molecule has 1 aromatic heterocycles. The Morgan fingerprint density at radius 1 is 1.64 bits per heavy atom. The van der Waals surface area contributed by atoms with Crippen LogP contribution in [0.4, 0.5) is 5.69 Å². The summed E-state index contributed by atoms with van der Waals surface area (Å²) in [7, 11) is 0. The van der Waals surface area contributed by atoms with E-state index in [1.807, 2.05) is 0 Å². The van der Waals surface area contributed by atoms with Crippen LogP contribution in [0.15, 0.2) is 12.1 Å². The molecule has 0 saturated carbocycles. The summed E-state index contributed by atoms with van der Waals surface area (Å²) in [6.07, 6.45) is 0.334. The molecule has 1 aromatic rings. The van der Waals surface area contributed by atoms with Crippen molar-refractivity contribution in [1.29, 1.82) is 0 Å². The first kappa shape index (κ1) is 10.1. The minimum absolute atomic E-state index is 0.209. The van der Waals surface area contributed by atoms with Crippen molar-refractivity contribution in [3.8, 4) is 5.88 Å². The van der Waals surface area contributed by atoms with E-state index in [4.69, 9.17) is 4.74 Å². The predicted octanol–water partition coefficient (Wildman–Crippen LogP) is 1.20. The molecule has 74 valence electrons. The molecule has 0 aliphatic rings. The maximum absolute atomic E-state index is 10.5. The van der Waals surface area contributed by atoms with Crippen LogP contribution in [0.5, 0.6) is 5.88 Å². The number of nitro groups is 1. The highest BCUT2D eigenvalue weighted by molar-refractivity contribution is 5.78. The van der Waals surface area contributed by atoms with E-state index in [9.17, 15) is 14.9 Å². The summed E-state index contributed by atoms with van der Waals surface area (Å²) in [4.78, 5) is 23.9. The van der Waals surface area contributed by atoms with Gasteiger partial charge in [-0.05, 0) is 6.92 Å². The highest BCUT2D eigenvalue weighted by Crippen LogP contribution is 2.18. The topological polar surface area (TPSA) is 82.3 Å². The van der Waals surface area contributed by atoms with Gasteiger partial charge in [0.15, 0.2) is 12.0 Å². The van der Waals surface area contributed by atoms with Crippen molar-refractivity contribution in [3.63, 3.8) is 0 Å². The number of hydrogen-bond acceptors (Lipinski definition) is 5. The fourth-order valence-electron chi connectivity index (χ4n) is 0.918. The van der Waals surface area contributed by atoms with Crippen LogP contribution in [0, 0.1) is 10.1 Å². The average molecular weight is 196 g/mol. The Morgan fingerprint density at radius 3 is 2.86 bits per heavy atom. The smallest absolute Gasteiger partial charge is 0.298 e. The molecule has 6 heteroatoms. The first-order valence-electron chi connectivity index (χ1n) is 3.92. The van der Waals surface area contributed by atoms with E-state index in [1.165, 1.54) is 12.1 Å². The van der Waals surface area contributed by atoms with Gasteiger partial charge in [-0.3, -0.25) is 14.9 Å². The third-order valence-electron chi connectivity index (χ3n) is 1.48. The van der Waals surface area contributed by atoms with Crippen LogP contribution in [0.1, 0.15) is 17.4 Å². The molecule has 0 aliphatic heterocycles. The molecular weight excluding hydrogens is 188 g/mol. The molecule has 0 unspecified atom stereocenters. The number of hydrogen-bond donors (Lipinski definition) is 0. The molecule has 0 spiro atoms. The van der Waals surface area contributed by atoms with E-state index in [1.54, 1.807) is 6.92 Å². The standard InChI is InChI=1S/C8H8N2O4/c1-2-14-8-4-3-7(10(12)13)6(5-11)9-8/h3-5H,2H2,1H3. The lowest BCUT2D eigenvalue weighted by Gasteiger charge is -2.01. The molecule has 0 bridgehead atoms. The molecule has 0 atom stereocenters. The lowest BCUT2D eigenvalue weighted by atomic mass is 10.3. The third kappa shape index (κ3) is 2.03. The van der Waals surface area contributed by atoms with E-state index in [0.29, 0.717) is 12.9 Å². The van der Waals surface area contributed by atoms with Gasteiger partial charge < -0.3 is 4.74 Å². The van der Waals surface area contributed by atoms with Crippen LogP contribution in [0.3, 0.4) is 0 Å². The van der Waals surface area contributed by atoms with Gasteiger partial charge in [-0.1, -0.05) is 0 Å². The second kappa shape index (κ2) is 4.31. The number of pyridine rings is 1. The summed E-state index contributed by atoms with van der Waals surface area (Å²) in [6.45, 7) is 2.15. The molecule has 14 heavy (non-hydrogen) atoms. The highest BCUT2D eigenvalue weighted by Gasteiger charge is 2.15. The lowest BCUT2D eigenvalue weighted by molar-refractivity contribution is -0.385. The second-order valence-corrected chi connectivity index (χ2v) is 2.36. The SMILES string of the molecule is CCOc1ccc([N+](=O)[O-])c(C=O)n1. The quantitative estimate of drug-likeness (QED) is 0.410. The maximum atomic E-state index is 10.5. The fraction of sp³-hybridized carbons (Fsp3) is 0.250. The zero-order valence-corrected chi connectivity index (χ0v) is 7.47. The van der Waals surface area contributed by atoms with E-state index >= 15 is 0 Å². The molecule has 0 saturated heterocycles. The van der Waals surface area contributed by atoms with Crippen LogP contribution < -0.4 is 4.74 Å². The number of ether oxygens (including phenoxy) is 1. The van der Waals surface area contributed by atoms with Gasteiger partial charge in [-0.2, -0.15) is 0 Å². The second-order valence-electron chi connectivity index (χ2n) is 2.36. The van der Waals surface area contributed by atoms with Gasteiger partial charge >= 0.3 is 0 Å². The average Bonchev–Trinajstić information content (AvgIpc) is 2.17. The van der Waals surface area contributed by atoms with E-state index in [2.05, 4.69) is 4.98 Å². The Hall–Kier alpha value is -1.98. The number of rotatable bonds is 4. The minimum atomic E-state index is -0.660. The van der Waals surface area contributed by atoms with Crippen molar-refractivity contribution in [3.05, 3.63) is 27.9 Å². The Morgan fingerprint density at radius 2 is 2.36 bits per heavy atom. The van der Waals surface area contributed by atoms with Gasteiger partial charge in [0, 0.05) is 12.1 Å². The van der Waals surface area contributed by atoms with Crippen molar-refractivity contribution in [1.82, 2.24) is 4.98 Å². The van der Waals surface area contributed by atoms with Crippen molar-refractivity contribution < 1.29 is 14.5 Å². The van der Waals surface area contributed by atoms with Crippen molar-refractivity contribution in [2.75, 3.05) is 6.61 Å². The molecule has 0 amide bonds. The van der Waals surface area contributed by atoms with Gasteiger partial charge in [-0.25, -0.2) is 4.98 Å². The van der Waals surface area contributed by atoms with Crippen molar-refractivity contribution in [2.45, 2.75) is 6.92 Å². The summed E-state index contributed by atoms with van der Waals surface area (Å²) in [5.74, 6) is 0.209. The van der Waals surface area contributed by atoms with Crippen molar-refractivity contribution >= 4 is 12.0 Å². The highest BCUT2D eigenvalue weighted by atomic mass is 16.6. The Bertz CT molecular complexity index is 364. The monoisotopic (exact) mass is 196 g/mol. The van der Waals surface area contributed by atoms with E-state index in [0.717, 1.165) is 0 Å². The summed E-state index contributed by atoms with van der Waals surface area (Å²) < 4.78 is 4.99. The first-order valence-corrected chi connectivity index (χ1v) is 3.92. The van der Waals surface area contributed by atoms with Crippen LogP contribution in [-0.4, -0.2) is 22.8 Å². The molecule has 0 aromatic carbocycles. The van der Waals surface area contributed by atoms with Crippen LogP contribution >= 0.6 is 0 Å². The van der Waals surface area contributed by atoms with Gasteiger partial charge in [-0.15, -0.1) is 0 Å². The van der Waals surface area contributed by atoms with Crippen LogP contribution in [0.2, 0.25) is 0 Å². The van der Waals surface area contributed by atoms with Gasteiger partial charge in [0.2, 0.25) is 5.88 Å². The van der Waals surface area contributed by atoms with Crippen LogP contribution in [0.25, 0.3) is 0 Å². The van der Waals surface area contributed by atoms with E-state index in [-0.39, 0.29) is 17.3 Å². The summed E-state index contributed by atoms with van der Waals surface area (Å²) in [5, 5.41) is 10.4. The molecular formula is C8H8N2O4. The summed E-state index contributed by atoms with van der Waals surface area (Å²) in [6, 6.07) is 2.55. The molecule has 0 aliphatic carbocycles. The molecule has 0 N–H and O–H groups in total. The number of nitrogens with zero attached hydrogens (tertiary/aromatic N) is 2. The molecule has 1 rings (SSSR count). The lowest BCUT2D eigenvalue weighted by Crippen LogP contribution is -2.01. The Kier molecular flexibility index (Phi) is 3.11. The van der Waals surface area contributed by atoms with E-state index < -0.39 is 4.92 Å². The molecule has 0 fully saturated rings. The molecule has 6 nitrogen and oxygen atoms in total. The van der Waals surface area contributed by atoms with Gasteiger partial charge in [0.1, 0.15) is 0 Å². The van der Waals surface area contributed by atoms with Gasteiger partial charge in [0.05, 0.1) is 11.5 Å². The normalized spacial score (nSPS) is 9.50. The number of aldehydes is 1. The summed E-state index contributed by atoms with van der Waals surface area (Å²) in [5.41, 5.74) is -0.538. The first-order chi connectivity index (χ1) is 6.69. The number of carbonyl (C=O) groups excluding carboxylic acids is 1. The van der Waals surface area contributed by atoms with Gasteiger partial charge in [0.25, 0.3) is 5.69 Å². The zero-order chi connectivity index (χ0) is 10.6. The molecule has 1 heterocycles. The largest absolute Gasteiger partial charge is 0.478 e. The maximum Gasteiger partial charge on any atom is 0.298 e. The predicted molar refractivity (Wildman–Crippen MR) is 47.4 cm³/mol. The zero-order valence-electron chi connectivity index (χ0n) is 7.47. The molecule has 0 radical (unpaired) electrons. The van der Waals surface area contributed by atoms with Crippen molar-refractivity contribution in [2.24, 2.45) is 0 Å². The Labute approximate surface area is 79.7 Å². The fourth-order valence-corrected chi connectivity index (χ4v) is 0.918. The van der Waals surface area contributed by atoms with Crippen LogP contribution in [-0.2, 0) is 0 Å². The summed E-state index contributed by atoms with van der Waals surface area (Å²) >= 11 is 0. The number of carbonyl (C=O) groups is 1.